The average molecular weight is 592 g/mol. The first-order chi connectivity index (χ1) is 19.4. The first-order valence-electron chi connectivity index (χ1n) is 13.1. The number of hydrogen-bond acceptors (Lipinski definition) is 6. The van der Waals surface area contributed by atoms with E-state index in [4.69, 9.17) is 36.5 Å². The van der Waals surface area contributed by atoms with E-state index in [1.807, 2.05) is 20.8 Å². The molecule has 4 N–H and O–H groups in total. The van der Waals surface area contributed by atoms with Gasteiger partial charge in [0.25, 0.3) is 6.47 Å². The Balaban J connectivity index is 0.000000638. The Morgan fingerprint density at radius 1 is 1.15 bits per heavy atom. The minimum Gasteiger partial charge on any atom is -0.483 e. The molecule has 3 rings (SSSR count). The predicted octanol–water partition coefficient (Wildman–Crippen LogP) is 6.11. The Labute approximate surface area is 245 Å². The van der Waals surface area contributed by atoms with Crippen LogP contribution in [0.25, 0.3) is 5.57 Å². The van der Waals surface area contributed by atoms with Crippen LogP contribution in [-0.4, -0.2) is 58.3 Å². The van der Waals surface area contributed by atoms with Gasteiger partial charge in [-0.25, -0.2) is 9.18 Å². The van der Waals surface area contributed by atoms with Crippen LogP contribution in [0.2, 0.25) is 5.02 Å². The lowest BCUT2D eigenvalue weighted by molar-refractivity contribution is -0.133. The molecule has 0 saturated carbocycles. The fourth-order valence-corrected chi connectivity index (χ4v) is 4.03. The number of aliphatic carboxylic acids is 1. The van der Waals surface area contributed by atoms with Gasteiger partial charge in [-0.05, 0) is 48.6 Å². The molecule has 1 heterocycles. The minimum absolute atomic E-state index is 0.153. The molecule has 0 amide bonds. The van der Waals surface area contributed by atoms with E-state index < -0.39 is 24.0 Å². The summed E-state index contributed by atoms with van der Waals surface area (Å²) in [5.74, 6) is -1.53. The van der Waals surface area contributed by atoms with Gasteiger partial charge in [-0.15, -0.1) is 0 Å². The van der Waals surface area contributed by atoms with Gasteiger partial charge in [-0.1, -0.05) is 63.7 Å². The van der Waals surface area contributed by atoms with Crippen LogP contribution in [-0.2, 0) is 14.3 Å². The summed E-state index contributed by atoms with van der Waals surface area (Å²) in [6.45, 7) is 14.5. The fourth-order valence-electron chi connectivity index (χ4n) is 3.86. The van der Waals surface area contributed by atoms with Crippen molar-refractivity contribution in [3.05, 3.63) is 95.1 Å². The number of carboxylic acid groups (broad SMARTS) is 2. The number of nitrogens with zero attached hydrogens (tertiary/aromatic N) is 1. The van der Waals surface area contributed by atoms with E-state index in [0.29, 0.717) is 65.6 Å². The second-order valence-corrected chi connectivity index (χ2v) is 9.73. The summed E-state index contributed by atoms with van der Waals surface area (Å²) in [5, 5.41) is 34.7. The van der Waals surface area contributed by atoms with Crippen molar-refractivity contribution in [3.63, 3.8) is 0 Å². The molecule has 2 aromatic carbocycles. The van der Waals surface area contributed by atoms with Gasteiger partial charge in [-0.2, -0.15) is 0 Å². The van der Waals surface area contributed by atoms with Crippen LogP contribution in [0.15, 0.2) is 73.1 Å². The van der Waals surface area contributed by atoms with E-state index in [0.717, 1.165) is 0 Å². The Bertz CT molecular complexity index is 1210. The second kappa shape index (κ2) is 18.0. The number of halogens is 2. The number of carboxylic acids is 1. The quantitative estimate of drug-likeness (QED) is 0.203. The van der Waals surface area contributed by atoms with Crippen LogP contribution in [0.3, 0.4) is 0 Å². The van der Waals surface area contributed by atoms with Gasteiger partial charge in [-0.3, -0.25) is 4.79 Å². The fraction of sp³-hybridized carbons (Fsp3) is 0.355. The maximum absolute atomic E-state index is 14.4. The van der Waals surface area contributed by atoms with Crippen LogP contribution in [0.5, 0.6) is 0 Å². The Morgan fingerprint density at radius 3 is 2.20 bits per heavy atom. The maximum atomic E-state index is 14.4. The van der Waals surface area contributed by atoms with Crippen LogP contribution < -0.4 is 4.90 Å². The summed E-state index contributed by atoms with van der Waals surface area (Å²) in [4.78, 5) is 22.0. The largest absolute Gasteiger partial charge is 0.483 e. The summed E-state index contributed by atoms with van der Waals surface area (Å²) in [6, 6.07) is 11.6. The lowest BCUT2D eigenvalue weighted by Gasteiger charge is -2.27. The summed E-state index contributed by atoms with van der Waals surface area (Å²) in [7, 11) is 0. The second-order valence-electron chi connectivity index (χ2n) is 9.29. The van der Waals surface area contributed by atoms with E-state index in [-0.39, 0.29) is 18.0 Å². The van der Waals surface area contributed by atoms with Crippen molar-refractivity contribution >= 4 is 35.3 Å². The summed E-state index contributed by atoms with van der Waals surface area (Å²) >= 11 is 6.25. The van der Waals surface area contributed by atoms with Gasteiger partial charge in [0.15, 0.2) is 0 Å². The molecular formula is C31H39ClFNO7. The molecule has 0 spiro atoms. The van der Waals surface area contributed by atoms with Crippen molar-refractivity contribution in [3.8, 4) is 0 Å². The zero-order chi connectivity index (χ0) is 31.1. The highest BCUT2D eigenvalue weighted by atomic mass is 35.5. The highest BCUT2D eigenvalue weighted by Crippen LogP contribution is 2.36. The van der Waals surface area contributed by atoms with Crippen molar-refractivity contribution in [2.24, 2.45) is 5.92 Å². The van der Waals surface area contributed by atoms with Crippen LogP contribution >= 0.6 is 11.6 Å². The maximum Gasteiger partial charge on any atom is 0.333 e. The Hall–Kier alpha value is -3.50. The van der Waals surface area contributed by atoms with Gasteiger partial charge in [0.05, 0.1) is 36.7 Å². The molecule has 3 atom stereocenters. The molecule has 8 nitrogen and oxygen atoms in total. The summed E-state index contributed by atoms with van der Waals surface area (Å²) < 4.78 is 19.2. The van der Waals surface area contributed by atoms with Gasteiger partial charge >= 0.3 is 5.97 Å². The summed E-state index contributed by atoms with van der Waals surface area (Å²) in [5.41, 5.74) is 3.01. The zero-order valence-corrected chi connectivity index (χ0v) is 24.4. The van der Waals surface area contributed by atoms with Crippen molar-refractivity contribution in [2.45, 2.75) is 52.2 Å². The Morgan fingerprint density at radius 2 is 1.73 bits per heavy atom. The molecule has 2 aromatic rings. The van der Waals surface area contributed by atoms with Crippen LogP contribution in [0.4, 0.5) is 10.1 Å². The average Bonchev–Trinajstić information content (AvgIpc) is 2.93. The molecule has 1 aliphatic heterocycles. The number of ether oxygens (including phenoxy) is 1. The molecule has 0 aliphatic carbocycles. The smallest absolute Gasteiger partial charge is 0.333 e. The lowest BCUT2D eigenvalue weighted by Crippen LogP contribution is -2.32. The van der Waals surface area contributed by atoms with E-state index in [1.165, 1.54) is 6.07 Å². The van der Waals surface area contributed by atoms with Crippen LogP contribution in [0.1, 0.15) is 51.2 Å². The van der Waals surface area contributed by atoms with E-state index in [1.54, 1.807) is 47.5 Å². The number of anilines is 1. The molecule has 10 heteroatoms. The molecule has 3 unspecified atom stereocenters. The third kappa shape index (κ3) is 11.1. The van der Waals surface area contributed by atoms with E-state index in [2.05, 4.69) is 13.2 Å². The number of aliphatic hydroxyl groups excluding tert-OH is 2. The highest BCUT2D eigenvalue weighted by molar-refractivity contribution is 6.31. The molecule has 0 aromatic heterocycles. The molecule has 41 heavy (non-hydrogen) atoms. The SMILES string of the molecule is C=C(c1ccccc1F)c1cc(Cl)ccc1N(/C=C(/C(=O)O)C(C)CC)C(=C)CC.O=CO.OC1COCC(O)C1. The lowest BCUT2D eigenvalue weighted by atomic mass is 9.96. The van der Waals surface area contributed by atoms with E-state index >= 15 is 0 Å². The molecule has 0 bridgehead atoms. The number of carbonyl (C=O) groups is 2. The standard InChI is InChI=1S/C25H27ClFNO2.C5H10O3.CH2O2/c1-6-16(3)22(25(29)30)15-28(17(4)7-2)24-13-12-19(26)14-21(24)18(5)20-10-8-9-11-23(20)27;6-4-1-5(7)3-8-2-4;2-1-3/h8-16H,4-7H2,1-3H3,(H,29,30);4-7H,1-3H2;1H,(H,2,3)/b22-15+;;. The van der Waals surface area contributed by atoms with Gasteiger partial charge < -0.3 is 30.1 Å². The number of hydrogen-bond donors (Lipinski definition) is 4. The predicted molar refractivity (Wildman–Crippen MR) is 159 cm³/mol. The Kier molecular flexibility index (Phi) is 15.6. The molecule has 1 saturated heterocycles. The molecule has 224 valence electrons. The van der Waals surface area contributed by atoms with Crippen LogP contribution in [0, 0.1) is 11.7 Å². The number of allylic oxidation sites excluding steroid dienone is 1. The van der Waals surface area contributed by atoms with E-state index in [9.17, 15) is 14.3 Å². The van der Waals surface area contributed by atoms with Crippen molar-refractivity contribution < 1.29 is 39.1 Å². The minimum atomic E-state index is -0.985. The number of aliphatic hydroxyl groups is 2. The first kappa shape index (κ1) is 35.5. The molecule has 0 radical (unpaired) electrons. The molecular weight excluding hydrogens is 553 g/mol. The number of rotatable bonds is 9. The van der Waals surface area contributed by atoms with Crippen molar-refractivity contribution in [1.82, 2.24) is 0 Å². The third-order valence-electron chi connectivity index (χ3n) is 6.31. The van der Waals surface area contributed by atoms with Gasteiger partial charge in [0.1, 0.15) is 5.82 Å². The first-order valence-corrected chi connectivity index (χ1v) is 13.5. The normalized spacial score (nSPS) is 17.1. The van der Waals surface area contributed by atoms with Crippen molar-refractivity contribution in [1.29, 1.82) is 0 Å². The monoisotopic (exact) mass is 591 g/mol. The highest BCUT2D eigenvalue weighted by Gasteiger charge is 2.21. The molecule has 1 fully saturated rings. The zero-order valence-electron chi connectivity index (χ0n) is 23.6. The molecule has 1 aliphatic rings. The topological polar surface area (TPSA) is 128 Å². The van der Waals surface area contributed by atoms with Gasteiger partial charge in [0.2, 0.25) is 0 Å². The summed E-state index contributed by atoms with van der Waals surface area (Å²) in [6.07, 6.45) is 2.42. The third-order valence-corrected chi connectivity index (χ3v) is 6.55. The number of benzene rings is 2. The van der Waals surface area contributed by atoms with Gasteiger partial charge in [0, 0.05) is 34.5 Å². The van der Waals surface area contributed by atoms with Crippen molar-refractivity contribution in [2.75, 3.05) is 18.1 Å².